The summed E-state index contributed by atoms with van der Waals surface area (Å²) in [5.41, 5.74) is 1.59. The second-order valence-corrected chi connectivity index (χ2v) is 10.8. The number of piperidine rings is 2. The van der Waals surface area contributed by atoms with Crippen LogP contribution in [0.25, 0.3) is 0 Å². The number of amides is 3. The highest BCUT2D eigenvalue weighted by Gasteiger charge is 2.42. The average molecular weight is 507 g/mol. The Kier molecular flexibility index (Phi) is 5.50. The highest BCUT2D eigenvalue weighted by Crippen LogP contribution is 2.40. The first-order valence-corrected chi connectivity index (χ1v) is 12.7. The molecule has 0 aliphatic carbocycles. The lowest BCUT2D eigenvalue weighted by atomic mass is 9.87. The highest BCUT2D eigenvalue weighted by atomic mass is 16.7. The Morgan fingerprint density at radius 3 is 2.59 bits per heavy atom. The largest absolute Gasteiger partial charge is 0.449 e. The Morgan fingerprint density at radius 1 is 1.08 bits per heavy atom. The number of aliphatic hydroxyl groups is 1. The molecule has 10 heteroatoms. The molecule has 4 aliphatic heterocycles. The lowest BCUT2D eigenvalue weighted by Gasteiger charge is -2.38. The number of imide groups is 1. The van der Waals surface area contributed by atoms with Gasteiger partial charge in [-0.15, -0.1) is 0 Å². The van der Waals surface area contributed by atoms with E-state index in [9.17, 15) is 19.5 Å². The molecule has 194 valence electrons. The Bertz CT molecular complexity index is 1300. The van der Waals surface area contributed by atoms with Crippen LogP contribution < -0.4 is 14.8 Å². The molecule has 1 unspecified atom stereocenters. The summed E-state index contributed by atoms with van der Waals surface area (Å²) in [6, 6.07) is 8.73. The normalized spacial score (nSPS) is 24.2. The second-order valence-electron chi connectivity index (χ2n) is 10.8. The number of ether oxygens (including phenoxy) is 2. The van der Waals surface area contributed by atoms with Crippen LogP contribution in [-0.2, 0) is 28.3 Å². The van der Waals surface area contributed by atoms with E-state index in [1.165, 1.54) is 4.90 Å². The Hall–Kier alpha value is -3.50. The van der Waals surface area contributed by atoms with Crippen LogP contribution in [0.4, 0.5) is 0 Å². The van der Waals surface area contributed by atoms with Gasteiger partial charge in [-0.2, -0.15) is 0 Å². The third-order valence-corrected chi connectivity index (χ3v) is 7.66. The zero-order chi connectivity index (χ0) is 25.9. The second kappa shape index (κ2) is 8.53. The number of pyridine rings is 1. The SMILES string of the molecule is CC1(C)Oc2ccc(CN3CCC(O)(c4ccc5c(n4)CN(C4CCC(=O)NC4=O)C5=O)CC3)cc2O1. The van der Waals surface area contributed by atoms with Gasteiger partial charge >= 0.3 is 0 Å². The van der Waals surface area contributed by atoms with Gasteiger partial charge in [0, 0.05) is 39.9 Å². The van der Waals surface area contributed by atoms with Gasteiger partial charge in [0.15, 0.2) is 11.5 Å². The van der Waals surface area contributed by atoms with E-state index in [4.69, 9.17) is 9.47 Å². The van der Waals surface area contributed by atoms with Crippen molar-refractivity contribution in [3.05, 3.63) is 52.8 Å². The quantitative estimate of drug-likeness (QED) is 0.603. The number of aromatic nitrogens is 1. The van der Waals surface area contributed by atoms with Crippen molar-refractivity contribution in [1.29, 1.82) is 0 Å². The van der Waals surface area contributed by atoms with Gasteiger partial charge in [0.25, 0.3) is 5.91 Å². The molecule has 4 aliphatic rings. The maximum atomic E-state index is 12.9. The number of likely N-dealkylation sites (tertiary alicyclic amines) is 1. The van der Waals surface area contributed by atoms with Crippen LogP contribution in [-0.4, -0.2) is 62.5 Å². The molecule has 3 amide bonds. The van der Waals surface area contributed by atoms with Crippen molar-refractivity contribution >= 4 is 17.7 Å². The van der Waals surface area contributed by atoms with Gasteiger partial charge < -0.3 is 19.5 Å². The summed E-state index contributed by atoms with van der Waals surface area (Å²) in [4.78, 5) is 45.2. The van der Waals surface area contributed by atoms with Crippen molar-refractivity contribution in [3.63, 3.8) is 0 Å². The molecule has 1 atom stereocenters. The third kappa shape index (κ3) is 4.34. The molecule has 2 aromatic rings. The van der Waals surface area contributed by atoms with Crippen molar-refractivity contribution in [2.75, 3.05) is 13.1 Å². The Balaban J connectivity index is 1.11. The van der Waals surface area contributed by atoms with Gasteiger partial charge in [-0.05, 0) is 49.1 Å². The minimum absolute atomic E-state index is 0.192. The van der Waals surface area contributed by atoms with Crippen LogP contribution in [0.1, 0.15) is 66.8 Å². The fourth-order valence-electron chi connectivity index (χ4n) is 5.66. The third-order valence-electron chi connectivity index (χ3n) is 7.66. The molecule has 1 aromatic carbocycles. The van der Waals surface area contributed by atoms with Crippen LogP contribution in [0.3, 0.4) is 0 Å². The van der Waals surface area contributed by atoms with Crippen molar-refractivity contribution in [1.82, 2.24) is 20.1 Å². The van der Waals surface area contributed by atoms with Gasteiger partial charge in [0.2, 0.25) is 17.6 Å². The lowest BCUT2D eigenvalue weighted by Crippen LogP contribution is -2.52. The smallest absolute Gasteiger partial charge is 0.256 e. The number of nitrogens with one attached hydrogen (secondary N) is 1. The van der Waals surface area contributed by atoms with E-state index in [1.807, 2.05) is 32.0 Å². The van der Waals surface area contributed by atoms with Gasteiger partial charge in [-0.3, -0.25) is 29.6 Å². The molecule has 6 rings (SSSR count). The van der Waals surface area contributed by atoms with Crippen molar-refractivity contribution in [2.24, 2.45) is 0 Å². The molecule has 10 nitrogen and oxygen atoms in total. The van der Waals surface area contributed by atoms with Gasteiger partial charge in [0.1, 0.15) is 11.6 Å². The molecule has 0 bridgehead atoms. The fraction of sp³-hybridized carbons (Fsp3) is 0.481. The van der Waals surface area contributed by atoms with E-state index >= 15 is 0 Å². The monoisotopic (exact) mass is 506 g/mol. The first-order chi connectivity index (χ1) is 17.6. The van der Waals surface area contributed by atoms with Crippen LogP contribution in [0.2, 0.25) is 0 Å². The average Bonchev–Trinajstić information content (AvgIpc) is 3.34. The van der Waals surface area contributed by atoms with E-state index in [2.05, 4.69) is 15.2 Å². The molecular weight excluding hydrogens is 476 g/mol. The van der Waals surface area contributed by atoms with Crippen LogP contribution >= 0.6 is 0 Å². The van der Waals surface area contributed by atoms with Gasteiger partial charge in [-0.25, -0.2) is 0 Å². The first kappa shape index (κ1) is 23.9. The van der Waals surface area contributed by atoms with Crippen LogP contribution in [0.15, 0.2) is 30.3 Å². The minimum Gasteiger partial charge on any atom is -0.449 e. The molecule has 0 spiro atoms. The zero-order valence-electron chi connectivity index (χ0n) is 21.0. The summed E-state index contributed by atoms with van der Waals surface area (Å²) in [5, 5.41) is 13.8. The van der Waals surface area contributed by atoms with E-state index in [-0.39, 0.29) is 24.8 Å². The van der Waals surface area contributed by atoms with Crippen molar-refractivity contribution in [2.45, 2.75) is 70.1 Å². The fourth-order valence-corrected chi connectivity index (χ4v) is 5.66. The van der Waals surface area contributed by atoms with Crippen molar-refractivity contribution < 1.29 is 29.0 Å². The number of carbonyl (C=O) groups is 3. The van der Waals surface area contributed by atoms with E-state index in [0.29, 0.717) is 49.3 Å². The molecule has 1 aromatic heterocycles. The molecule has 5 heterocycles. The Morgan fingerprint density at radius 2 is 1.84 bits per heavy atom. The summed E-state index contributed by atoms with van der Waals surface area (Å²) in [6.45, 7) is 6.07. The maximum Gasteiger partial charge on any atom is 0.256 e. The standard InChI is InChI=1S/C27H30N4O6/c1-26(2)36-20-6-3-16(13-21(20)37-26)14-30-11-9-27(35,10-12-30)22-7-4-17-18(28-22)15-31(25(17)34)19-5-8-23(32)29-24(19)33/h3-4,6-7,13,19,35H,5,8-12,14-15H2,1-2H3,(H,29,32,33). The molecule has 2 N–H and O–H groups in total. The maximum absolute atomic E-state index is 12.9. The molecule has 0 radical (unpaired) electrons. The number of nitrogens with zero attached hydrogens (tertiary/aromatic N) is 3. The minimum atomic E-state index is -1.09. The molecule has 2 saturated heterocycles. The summed E-state index contributed by atoms with van der Waals surface area (Å²) in [7, 11) is 0. The number of fused-ring (bicyclic) bond motifs is 2. The predicted molar refractivity (Wildman–Crippen MR) is 130 cm³/mol. The first-order valence-electron chi connectivity index (χ1n) is 12.7. The summed E-state index contributed by atoms with van der Waals surface area (Å²) in [6.07, 6.45) is 1.54. The van der Waals surface area contributed by atoms with Crippen molar-refractivity contribution in [3.8, 4) is 11.5 Å². The summed E-state index contributed by atoms with van der Waals surface area (Å²) in [5.74, 6) is -0.193. The van der Waals surface area contributed by atoms with Gasteiger partial charge in [0.05, 0.1) is 23.5 Å². The van der Waals surface area contributed by atoms with E-state index < -0.39 is 23.3 Å². The number of hydrogen-bond acceptors (Lipinski definition) is 8. The predicted octanol–water partition coefficient (Wildman–Crippen LogP) is 1.83. The molecule has 0 saturated carbocycles. The Labute approximate surface area is 214 Å². The van der Waals surface area contributed by atoms with Crippen LogP contribution in [0.5, 0.6) is 11.5 Å². The highest BCUT2D eigenvalue weighted by molar-refractivity contribution is 6.05. The molecular formula is C27H30N4O6. The summed E-state index contributed by atoms with van der Waals surface area (Å²) < 4.78 is 11.6. The molecule has 37 heavy (non-hydrogen) atoms. The van der Waals surface area contributed by atoms with Gasteiger partial charge in [-0.1, -0.05) is 6.07 Å². The van der Waals surface area contributed by atoms with E-state index in [0.717, 1.165) is 23.6 Å². The summed E-state index contributed by atoms with van der Waals surface area (Å²) >= 11 is 0. The number of carbonyl (C=O) groups excluding carboxylic acids is 3. The topological polar surface area (TPSA) is 121 Å². The van der Waals surface area contributed by atoms with E-state index in [1.54, 1.807) is 12.1 Å². The number of hydrogen-bond donors (Lipinski definition) is 2. The van der Waals surface area contributed by atoms with Crippen LogP contribution in [0, 0.1) is 0 Å². The number of benzene rings is 1. The lowest BCUT2D eigenvalue weighted by molar-refractivity contribution is -0.136. The molecule has 2 fully saturated rings. The zero-order valence-corrected chi connectivity index (χ0v) is 21.0. The number of rotatable bonds is 4.